The number of aliphatic carboxylic acids is 1. The Morgan fingerprint density at radius 3 is 2.53 bits per heavy atom. The lowest BCUT2D eigenvalue weighted by atomic mass is 9.66. The molecule has 98 valence electrons. The van der Waals surface area contributed by atoms with Gasteiger partial charge in [0.2, 0.25) is 5.91 Å². The Bertz CT molecular complexity index is 282. The van der Waals surface area contributed by atoms with Crippen LogP contribution in [-0.2, 0) is 9.59 Å². The van der Waals surface area contributed by atoms with E-state index in [2.05, 4.69) is 5.32 Å². The zero-order chi connectivity index (χ0) is 12.9. The molecule has 1 amide bonds. The molecule has 0 radical (unpaired) electrons. The average molecular weight is 242 g/mol. The average Bonchev–Trinajstić information content (AvgIpc) is 2.20. The number of hydrogen-bond donors (Lipinski definition) is 3. The van der Waals surface area contributed by atoms with Crippen LogP contribution in [0.25, 0.3) is 0 Å². The number of hydrogen-bond acceptors (Lipinski definition) is 3. The molecule has 0 saturated heterocycles. The Morgan fingerprint density at radius 2 is 2.12 bits per heavy atom. The summed E-state index contributed by atoms with van der Waals surface area (Å²) in [5.74, 6) is -0.837. The van der Waals surface area contributed by atoms with Crippen LogP contribution in [0, 0.1) is 5.41 Å². The zero-order valence-corrected chi connectivity index (χ0v) is 10.4. The standard InChI is InChI=1S/C12H22N2O3/c1-9(3-4-11(16)17)14-10(15)7-12(8-13)5-2-6-12/h9H,2-8,13H2,1H3,(H,14,15)(H,16,17). The predicted molar refractivity (Wildman–Crippen MR) is 64.4 cm³/mol. The lowest BCUT2D eigenvalue weighted by Gasteiger charge is -2.40. The fourth-order valence-corrected chi connectivity index (χ4v) is 2.21. The number of amides is 1. The van der Waals surface area contributed by atoms with E-state index in [-0.39, 0.29) is 23.8 Å². The molecular weight excluding hydrogens is 220 g/mol. The first kappa shape index (κ1) is 14.0. The topological polar surface area (TPSA) is 92.4 Å². The molecule has 1 fully saturated rings. The molecule has 5 nitrogen and oxygen atoms in total. The highest BCUT2D eigenvalue weighted by atomic mass is 16.4. The molecule has 1 unspecified atom stereocenters. The molecule has 0 spiro atoms. The number of carboxylic acids is 1. The van der Waals surface area contributed by atoms with Gasteiger partial charge in [-0.2, -0.15) is 0 Å². The molecule has 4 N–H and O–H groups in total. The highest BCUT2D eigenvalue weighted by Gasteiger charge is 2.37. The molecule has 1 atom stereocenters. The first-order chi connectivity index (χ1) is 7.97. The molecule has 5 heteroatoms. The van der Waals surface area contributed by atoms with E-state index < -0.39 is 5.97 Å². The summed E-state index contributed by atoms with van der Waals surface area (Å²) in [4.78, 5) is 22.1. The van der Waals surface area contributed by atoms with E-state index >= 15 is 0 Å². The van der Waals surface area contributed by atoms with Gasteiger partial charge in [-0.25, -0.2) is 0 Å². The van der Waals surface area contributed by atoms with Gasteiger partial charge in [-0.05, 0) is 38.1 Å². The minimum atomic E-state index is -0.830. The molecule has 17 heavy (non-hydrogen) atoms. The van der Waals surface area contributed by atoms with Crippen molar-refractivity contribution < 1.29 is 14.7 Å². The third kappa shape index (κ3) is 4.34. The summed E-state index contributed by atoms with van der Waals surface area (Å²) in [5.41, 5.74) is 5.70. The molecule has 0 aliphatic heterocycles. The third-order valence-electron chi connectivity index (χ3n) is 3.58. The predicted octanol–water partition coefficient (Wildman–Crippen LogP) is 0.875. The Labute approximate surface area is 102 Å². The van der Waals surface area contributed by atoms with Gasteiger partial charge in [-0.3, -0.25) is 9.59 Å². The van der Waals surface area contributed by atoms with Crippen molar-refractivity contribution in [2.75, 3.05) is 6.54 Å². The normalized spacial score (nSPS) is 19.2. The summed E-state index contributed by atoms with van der Waals surface area (Å²) in [6, 6.07) is -0.0894. The highest BCUT2D eigenvalue weighted by molar-refractivity contribution is 5.77. The Hall–Kier alpha value is -1.10. The SMILES string of the molecule is CC(CCC(=O)O)NC(=O)CC1(CN)CCC1. The van der Waals surface area contributed by atoms with Crippen molar-refractivity contribution in [2.45, 2.75) is 51.5 Å². The number of nitrogens with two attached hydrogens (primary N) is 1. The van der Waals surface area contributed by atoms with Gasteiger partial charge in [0, 0.05) is 18.9 Å². The minimum absolute atomic E-state index is 0.00645. The number of rotatable bonds is 7. The van der Waals surface area contributed by atoms with Gasteiger partial charge in [-0.15, -0.1) is 0 Å². The highest BCUT2D eigenvalue weighted by Crippen LogP contribution is 2.42. The largest absolute Gasteiger partial charge is 0.481 e. The van der Waals surface area contributed by atoms with Crippen LogP contribution in [-0.4, -0.2) is 29.6 Å². The van der Waals surface area contributed by atoms with E-state index in [0.717, 1.165) is 19.3 Å². The van der Waals surface area contributed by atoms with Gasteiger partial charge in [0.05, 0.1) is 0 Å². The van der Waals surface area contributed by atoms with Crippen molar-refractivity contribution in [2.24, 2.45) is 11.1 Å². The quantitative estimate of drug-likeness (QED) is 0.617. The van der Waals surface area contributed by atoms with E-state index in [1.165, 1.54) is 0 Å². The van der Waals surface area contributed by atoms with Crippen LogP contribution in [0.1, 0.15) is 45.4 Å². The summed E-state index contributed by atoms with van der Waals surface area (Å²) in [6.07, 6.45) is 4.24. The molecule has 0 bridgehead atoms. The molecule has 1 aliphatic rings. The first-order valence-electron chi connectivity index (χ1n) is 6.19. The molecule has 0 aromatic rings. The van der Waals surface area contributed by atoms with E-state index in [1.54, 1.807) is 0 Å². The Kier molecular flexibility index (Phi) is 4.93. The van der Waals surface area contributed by atoms with E-state index in [9.17, 15) is 9.59 Å². The summed E-state index contributed by atoms with van der Waals surface area (Å²) in [5, 5.41) is 11.4. The number of nitrogens with one attached hydrogen (secondary N) is 1. The summed E-state index contributed by atoms with van der Waals surface area (Å²) in [6.45, 7) is 2.39. The van der Waals surface area contributed by atoms with Gasteiger partial charge in [0.1, 0.15) is 0 Å². The van der Waals surface area contributed by atoms with Crippen LogP contribution in [0.5, 0.6) is 0 Å². The third-order valence-corrected chi connectivity index (χ3v) is 3.58. The second kappa shape index (κ2) is 6.00. The minimum Gasteiger partial charge on any atom is -0.481 e. The van der Waals surface area contributed by atoms with E-state index in [1.807, 2.05) is 6.92 Å². The summed E-state index contributed by atoms with van der Waals surface area (Å²) in [7, 11) is 0. The summed E-state index contributed by atoms with van der Waals surface area (Å²) >= 11 is 0. The van der Waals surface area contributed by atoms with Crippen LogP contribution < -0.4 is 11.1 Å². The Morgan fingerprint density at radius 1 is 1.47 bits per heavy atom. The van der Waals surface area contributed by atoms with Crippen LogP contribution >= 0.6 is 0 Å². The fraction of sp³-hybridized carbons (Fsp3) is 0.833. The van der Waals surface area contributed by atoms with Crippen molar-refractivity contribution in [3.8, 4) is 0 Å². The molecular formula is C12H22N2O3. The maximum absolute atomic E-state index is 11.8. The van der Waals surface area contributed by atoms with Crippen molar-refractivity contribution in [1.82, 2.24) is 5.32 Å². The fourth-order valence-electron chi connectivity index (χ4n) is 2.21. The maximum atomic E-state index is 11.8. The van der Waals surface area contributed by atoms with Gasteiger partial charge in [-0.1, -0.05) is 6.42 Å². The Balaban J connectivity index is 2.26. The smallest absolute Gasteiger partial charge is 0.303 e. The molecule has 1 aliphatic carbocycles. The van der Waals surface area contributed by atoms with Crippen LogP contribution in [0.3, 0.4) is 0 Å². The number of carboxylic acid groups (broad SMARTS) is 1. The van der Waals surface area contributed by atoms with Gasteiger partial charge >= 0.3 is 5.97 Å². The zero-order valence-electron chi connectivity index (χ0n) is 10.4. The van der Waals surface area contributed by atoms with Gasteiger partial charge in [0.25, 0.3) is 0 Å². The molecule has 1 rings (SSSR count). The first-order valence-corrected chi connectivity index (χ1v) is 6.19. The van der Waals surface area contributed by atoms with Gasteiger partial charge in [0.15, 0.2) is 0 Å². The lowest BCUT2D eigenvalue weighted by molar-refractivity contribution is -0.137. The number of carbonyl (C=O) groups excluding carboxylic acids is 1. The van der Waals surface area contributed by atoms with E-state index in [4.69, 9.17) is 10.8 Å². The van der Waals surface area contributed by atoms with Crippen molar-refractivity contribution in [3.63, 3.8) is 0 Å². The van der Waals surface area contributed by atoms with Crippen LogP contribution in [0.4, 0.5) is 0 Å². The second-order valence-electron chi connectivity index (χ2n) is 5.14. The van der Waals surface area contributed by atoms with Crippen LogP contribution in [0.15, 0.2) is 0 Å². The monoisotopic (exact) mass is 242 g/mol. The summed E-state index contributed by atoms with van der Waals surface area (Å²) < 4.78 is 0. The second-order valence-corrected chi connectivity index (χ2v) is 5.14. The van der Waals surface area contributed by atoms with Crippen molar-refractivity contribution in [3.05, 3.63) is 0 Å². The maximum Gasteiger partial charge on any atom is 0.303 e. The molecule has 0 aromatic carbocycles. The van der Waals surface area contributed by atoms with E-state index in [0.29, 0.717) is 19.4 Å². The van der Waals surface area contributed by atoms with Gasteiger partial charge < -0.3 is 16.2 Å². The van der Waals surface area contributed by atoms with Crippen molar-refractivity contribution >= 4 is 11.9 Å². The molecule has 0 aromatic heterocycles. The number of carbonyl (C=O) groups is 2. The van der Waals surface area contributed by atoms with Crippen molar-refractivity contribution in [1.29, 1.82) is 0 Å². The van der Waals surface area contributed by atoms with Crippen LogP contribution in [0.2, 0.25) is 0 Å². The lowest BCUT2D eigenvalue weighted by Crippen LogP contribution is -2.43. The molecule has 0 heterocycles. The molecule has 1 saturated carbocycles.